The number of halogens is 1. The van der Waals surface area contributed by atoms with Crippen molar-refractivity contribution in [2.45, 2.75) is 17.9 Å². The molecule has 5 heteroatoms. The third-order valence-electron chi connectivity index (χ3n) is 3.75. The van der Waals surface area contributed by atoms with Gasteiger partial charge in [0.15, 0.2) is 0 Å². The van der Waals surface area contributed by atoms with Crippen LogP contribution in [0.25, 0.3) is 5.69 Å². The molecule has 0 spiro atoms. The Labute approximate surface area is 137 Å². The Hall–Kier alpha value is -2.27. The van der Waals surface area contributed by atoms with Crippen molar-refractivity contribution in [1.29, 1.82) is 0 Å². The Morgan fingerprint density at radius 3 is 2.52 bits per heavy atom. The van der Waals surface area contributed by atoms with E-state index >= 15 is 0 Å². The predicted octanol–water partition coefficient (Wildman–Crippen LogP) is 4.02. The fourth-order valence-electron chi connectivity index (χ4n) is 2.40. The summed E-state index contributed by atoms with van der Waals surface area (Å²) in [7, 11) is -1.18. The molecule has 1 heterocycles. The summed E-state index contributed by atoms with van der Waals surface area (Å²) in [5, 5.41) is 3.82. The quantitative estimate of drug-likeness (QED) is 0.709. The molecule has 0 saturated heterocycles. The van der Waals surface area contributed by atoms with Crippen molar-refractivity contribution in [3.8, 4) is 5.69 Å². The van der Waals surface area contributed by atoms with Gasteiger partial charge in [-0.1, -0.05) is 30.3 Å². The smallest absolute Gasteiger partial charge is 0.127 e. The summed E-state index contributed by atoms with van der Waals surface area (Å²) in [6, 6.07) is 16.1. The third kappa shape index (κ3) is 3.56. The maximum atomic E-state index is 13.8. The first-order chi connectivity index (χ1) is 11.1. The van der Waals surface area contributed by atoms with Gasteiger partial charge in [-0.05, 0) is 36.8 Å². The highest BCUT2D eigenvalue weighted by atomic mass is 32.2. The second kappa shape index (κ2) is 6.87. The second-order valence-corrected chi connectivity index (χ2v) is 7.06. The molecule has 23 heavy (non-hydrogen) atoms. The molecule has 0 N–H and O–H groups in total. The Balaban J connectivity index is 1.72. The Bertz CT molecular complexity index is 800. The molecule has 0 aliphatic heterocycles. The molecule has 3 aromatic rings. The third-order valence-corrected chi connectivity index (χ3v) is 5.41. The summed E-state index contributed by atoms with van der Waals surface area (Å²) < 4.78 is 28.1. The normalized spacial score (nSPS) is 13.7. The molecule has 2 atom stereocenters. The highest BCUT2D eigenvalue weighted by molar-refractivity contribution is 7.84. The van der Waals surface area contributed by atoms with Crippen LogP contribution in [0.4, 0.5) is 4.39 Å². The largest absolute Gasteiger partial charge is 0.259 e. The molecule has 0 amide bonds. The highest BCUT2D eigenvalue weighted by Gasteiger charge is 2.17. The maximum Gasteiger partial charge on any atom is 0.127 e. The summed E-state index contributed by atoms with van der Waals surface area (Å²) in [5.41, 5.74) is 2.41. The van der Waals surface area contributed by atoms with Crippen LogP contribution in [0.2, 0.25) is 0 Å². The van der Waals surface area contributed by atoms with Gasteiger partial charge in [-0.2, -0.15) is 5.10 Å². The topological polar surface area (TPSA) is 34.9 Å². The monoisotopic (exact) mass is 328 g/mol. The van der Waals surface area contributed by atoms with E-state index in [4.69, 9.17) is 0 Å². The zero-order valence-electron chi connectivity index (χ0n) is 12.7. The van der Waals surface area contributed by atoms with Crippen molar-refractivity contribution in [3.05, 3.63) is 83.9 Å². The van der Waals surface area contributed by atoms with E-state index in [1.54, 1.807) is 36.0 Å². The fourth-order valence-corrected chi connectivity index (χ4v) is 3.65. The molecule has 0 aliphatic carbocycles. The number of hydrogen-bond acceptors (Lipinski definition) is 2. The van der Waals surface area contributed by atoms with Gasteiger partial charge in [-0.25, -0.2) is 9.07 Å². The van der Waals surface area contributed by atoms with Gasteiger partial charge in [-0.3, -0.25) is 4.21 Å². The zero-order chi connectivity index (χ0) is 16.2. The molecule has 3 rings (SSSR count). The van der Waals surface area contributed by atoms with E-state index in [1.165, 1.54) is 6.07 Å². The lowest BCUT2D eigenvalue weighted by Crippen LogP contribution is -2.07. The molecule has 0 unspecified atom stereocenters. The van der Waals surface area contributed by atoms with Crippen LogP contribution in [0.15, 0.2) is 67.0 Å². The lowest BCUT2D eigenvalue weighted by molar-refractivity contribution is 0.606. The minimum atomic E-state index is -1.18. The first-order valence-corrected chi connectivity index (χ1v) is 8.74. The van der Waals surface area contributed by atoms with Crippen LogP contribution >= 0.6 is 0 Å². The van der Waals surface area contributed by atoms with E-state index in [2.05, 4.69) is 5.10 Å². The molecule has 0 bridgehead atoms. The highest BCUT2D eigenvalue weighted by Crippen LogP contribution is 2.24. The molecular formula is C18H17FN2OS. The van der Waals surface area contributed by atoms with Crippen molar-refractivity contribution < 1.29 is 8.60 Å². The van der Waals surface area contributed by atoms with Crippen molar-refractivity contribution >= 4 is 10.8 Å². The molecule has 118 valence electrons. The van der Waals surface area contributed by atoms with Crippen LogP contribution in [0, 0.1) is 5.82 Å². The van der Waals surface area contributed by atoms with Gasteiger partial charge >= 0.3 is 0 Å². The minimum absolute atomic E-state index is 0.303. The lowest BCUT2D eigenvalue weighted by Gasteiger charge is -2.13. The van der Waals surface area contributed by atoms with Crippen molar-refractivity contribution in [1.82, 2.24) is 9.78 Å². The Morgan fingerprint density at radius 1 is 1.13 bits per heavy atom. The number of aromatic nitrogens is 2. The van der Waals surface area contributed by atoms with Crippen LogP contribution in [0.1, 0.15) is 23.3 Å². The molecule has 0 radical (unpaired) electrons. The first-order valence-electron chi connectivity index (χ1n) is 7.35. The van der Waals surface area contributed by atoms with E-state index in [1.807, 2.05) is 36.5 Å². The van der Waals surface area contributed by atoms with Crippen LogP contribution in [-0.4, -0.2) is 14.0 Å². The molecule has 3 nitrogen and oxygen atoms in total. The van der Waals surface area contributed by atoms with Gasteiger partial charge in [-0.15, -0.1) is 0 Å². The molecule has 0 saturated carbocycles. The van der Waals surface area contributed by atoms with Gasteiger partial charge in [0.05, 0.1) is 10.9 Å². The average Bonchev–Trinajstić information content (AvgIpc) is 3.10. The lowest BCUT2D eigenvalue weighted by atomic mass is 10.1. The number of nitrogens with zero attached hydrogens (tertiary/aromatic N) is 2. The van der Waals surface area contributed by atoms with E-state index in [0.29, 0.717) is 11.3 Å². The van der Waals surface area contributed by atoms with Crippen LogP contribution < -0.4 is 0 Å². The predicted molar refractivity (Wildman–Crippen MR) is 90.2 cm³/mol. The van der Waals surface area contributed by atoms with Gasteiger partial charge in [0.1, 0.15) is 5.82 Å². The summed E-state index contributed by atoms with van der Waals surface area (Å²) in [6.45, 7) is 1.80. The molecular weight excluding hydrogens is 311 g/mol. The Morgan fingerprint density at radius 2 is 1.87 bits per heavy atom. The van der Waals surface area contributed by atoms with Gasteiger partial charge in [0.25, 0.3) is 0 Å². The Kier molecular flexibility index (Phi) is 4.67. The second-order valence-electron chi connectivity index (χ2n) is 5.31. The summed E-state index contributed by atoms with van der Waals surface area (Å²) in [4.78, 5) is 0. The fraction of sp³-hybridized carbons (Fsp3) is 0.167. The zero-order valence-corrected chi connectivity index (χ0v) is 13.5. The van der Waals surface area contributed by atoms with Gasteiger partial charge in [0, 0.05) is 34.5 Å². The van der Waals surface area contributed by atoms with Crippen molar-refractivity contribution in [3.63, 3.8) is 0 Å². The van der Waals surface area contributed by atoms with Crippen LogP contribution in [-0.2, 0) is 16.6 Å². The maximum absolute atomic E-state index is 13.8. The van der Waals surface area contributed by atoms with Crippen LogP contribution in [0.3, 0.4) is 0 Å². The first kappa shape index (κ1) is 15.6. The average molecular weight is 328 g/mol. The van der Waals surface area contributed by atoms with E-state index in [9.17, 15) is 8.60 Å². The molecule has 2 aromatic carbocycles. The number of rotatable bonds is 5. The van der Waals surface area contributed by atoms with Crippen molar-refractivity contribution in [2.75, 3.05) is 0 Å². The minimum Gasteiger partial charge on any atom is -0.259 e. The molecule has 0 aliphatic rings. The van der Waals surface area contributed by atoms with E-state index < -0.39 is 10.8 Å². The SMILES string of the molecule is C[C@@H](c1ccccc1F)[S@](=O)Cc1ccc(-n2cccn2)cc1. The van der Waals surface area contributed by atoms with Gasteiger partial charge < -0.3 is 0 Å². The molecule has 0 fully saturated rings. The van der Waals surface area contributed by atoms with Crippen LogP contribution in [0.5, 0.6) is 0 Å². The number of hydrogen-bond donors (Lipinski definition) is 0. The van der Waals surface area contributed by atoms with E-state index in [-0.39, 0.29) is 11.1 Å². The van der Waals surface area contributed by atoms with Crippen molar-refractivity contribution in [2.24, 2.45) is 0 Å². The standard InChI is InChI=1S/C18H17FN2OS/c1-14(17-5-2-3-6-18(17)19)23(22)13-15-7-9-16(10-8-15)21-12-4-11-20-21/h2-12,14H,13H2,1H3/t14-,23+/m0/s1. The summed E-state index contributed by atoms with van der Waals surface area (Å²) >= 11 is 0. The van der Waals surface area contributed by atoms with Gasteiger partial charge in [0.2, 0.25) is 0 Å². The van der Waals surface area contributed by atoms with E-state index in [0.717, 1.165) is 11.3 Å². The molecule has 1 aromatic heterocycles. The summed E-state index contributed by atoms with van der Waals surface area (Å²) in [6.07, 6.45) is 3.59. The summed E-state index contributed by atoms with van der Waals surface area (Å²) in [5.74, 6) is 0.0944. The number of benzene rings is 2.